The van der Waals surface area contributed by atoms with Crippen molar-refractivity contribution < 1.29 is 0 Å². The smallest absolute Gasteiger partial charge is 0.0540 e. The summed E-state index contributed by atoms with van der Waals surface area (Å²) in [7, 11) is 0. The predicted octanol–water partition coefficient (Wildman–Crippen LogP) is 14.8. The Hall–Kier alpha value is -6.70. The van der Waals surface area contributed by atoms with Gasteiger partial charge in [0.15, 0.2) is 0 Å². The van der Waals surface area contributed by atoms with E-state index in [-0.39, 0.29) is 5.41 Å². The Kier molecular flexibility index (Phi) is 7.56. The molecule has 0 atom stereocenters. The molecule has 1 heteroatoms. The molecule has 0 saturated heterocycles. The van der Waals surface area contributed by atoms with Gasteiger partial charge >= 0.3 is 0 Å². The number of hydrogen-bond donors (Lipinski definition) is 0. The molecule has 0 saturated carbocycles. The minimum atomic E-state index is -0.0909. The summed E-state index contributed by atoms with van der Waals surface area (Å²) >= 11 is 0. The third-order valence-electron chi connectivity index (χ3n) is 11.5. The topological polar surface area (TPSA) is 3.24 Å². The maximum atomic E-state index is 2.49. The fourth-order valence-corrected chi connectivity index (χ4v) is 8.92. The molecule has 1 nitrogen and oxygen atoms in total. The van der Waals surface area contributed by atoms with Crippen LogP contribution in [-0.2, 0) is 5.41 Å². The fourth-order valence-electron chi connectivity index (χ4n) is 8.92. The summed E-state index contributed by atoms with van der Waals surface area (Å²) in [5, 5.41) is 4.92. The minimum absolute atomic E-state index is 0.0909. The molecule has 0 aromatic heterocycles. The maximum absolute atomic E-state index is 2.49. The first-order valence-electron chi connectivity index (χ1n) is 18.9. The molecule has 0 bridgehead atoms. The highest BCUT2D eigenvalue weighted by molar-refractivity contribution is 6.09. The van der Waals surface area contributed by atoms with Gasteiger partial charge < -0.3 is 4.90 Å². The van der Waals surface area contributed by atoms with Gasteiger partial charge in [-0.3, -0.25) is 0 Å². The average Bonchev–Trinajstić information content (AvgIpc) is 3.47. The molecule has 0 fully saturated rings. The molecule has 9 aromatic rings. The monoisotopic (exact) mass is 689 g/mol. The Labute approximate surface area is 317 Å². The lowest BCUT2D eigenvalue weighted by atomic mass is 9.82. The summed E-state index contributed by atoms with van der Waals surface area (Å²) in [6.07, 6.45) is 0. The van der Waals surface area contributed by atoms with Crippen molar-refractivity contribution in [2.75, 3.05) is 4.90 Å². The second kappa shape index (κ2) is 12.8. The van der Waals surface area contributed by atoms with Gasteiger partial charge in [0, 0.05) is 22.2 Å². The van der Waals surface area contributed by atoms with Crippen molar-refractivity contribution in [2.45, 2.75) is 19.3 Å². The van der Waals surface area contributed by atoms with E-state index in [1.165, 1.54) is 77.2 Å². The summed E-state index contributed by atoms with van der Waals surface area (Å²) in [6, 6.07) is 73.5. The third kappa shape index (κ3) is 5.08. The average molecular weight is 690 g/mol. The van der Waals surface area contributed by atoms with Gasteiger partial charge in [0.05, 0.1) is 11.4 Å². The number of fused-ring (bicyclic) bond motifs is 5. The van der Waals surface area contributed by atoms with Gasteiger partial charge in [-0.1, -0.05) is 190 Å². The van der Waals surface area contributed by atoms with E-state index in [1.54, 1.807) is 0 Å². The zero-order chi connectivity index (χ0) is 36.2. The summed E-state index contributed by atoms with van der Waals surface area (Å²) in [5.41, 5.74) is 16.0. The van der Waals surface area contributed by atoms with Crippen LogP contribution in [0.5, 0.6) is 0 Å². The Morgan fingerprint density at radius 3 is 1.63 bits per heavy atom. The highest BCUT2D eigenvalue weighted by Gasteiger charge is 2.37. The molecule has 10 rings (SSSR count). The predicted molar refractivity (Wildman–Crippen MR) is 230 cm³/mol. The number of anilines is 3. The van der Waals surface area contributed by atoms with Crippen molar-refractivity contribution in [2.24, 2.45) is 0 Å². The molecule has 0 unspecified atom stereocenters. The Balaban J connectivity index is 1.26. The first kappa shape index (κ1) is 32.0. The van der Waals surface area contributed by atoms with Crippen LogP contribution in [-0.4, -0.2) is 0 Å². The van der Waals surface area contributed by atoms with E-state index >= 15 is 0 Å². The SMILES string of the molecule is CC1(C)c2ccccc2-c2c(-c3ccccc3N(c3ccc4ccccc4c3)c3ccccc3-c3cccc4cccc(-c5ccccc5)c34)cccc21. The third-order valence-corrected chi connectivity index (χ3v) is 11.5. The lowest BCUT2D eigenvalue weighted by Crippen LogP contribution is -2.15. The van der Waals surface area contributed by atoms with Gasteiger partial charge in [0.1, 0.15) is 0 Å². The second-order valence-electron chi connectivity index (χ2n) is 14.9. The second-order valence-corrected chi connectivity index (χ2v) is 14.9. The molecule has 0 aliphatic heterocycles. The van der Waals surface area contributed by atoms with Crippen molar-refractivity contribution in [1.82, 2.24) is 0 Å². The molecule has 0 N–H and O–H groups in total. The van der Waals surface area contributed by atoms with Crippen LogP contribution in [0.4, 0.5) is 17.1 Å². The van der Waals surface area contributed by atoms with Crippen molar-refractivity contribution in [3.63, 3.8) is 0 Å². The van der Waals surface area contributed by atoms with Gasteiger partial charge in [-0.2, -0.15) is 0 Å². The molecule has 0 heterocycles. The van der Waals surface area contributed by atoms with E-state index in [0.717, 1.165) is 17.1 Å². The van der Waals surface area contributed by atoms with Gasteiger partial charge in [0.25, 0.3) is 0 Å². The summed E-state index contributed by atoms with van der Waals surface area (Å²) in [6.45, 7) is 4.72. The molecular weight excluding hydrogens is 651 g/mol. The molecule has 1 aliphatic rings. The molecular formula is C53H39N. The first-order chi connectivity index (χ1) is 26.6. The van der Waals surface area contributed by atoms with E-state index in [9.17, 15) is 0 Å². The lowest BCUT2D eigenvalue weighted by molar-refractivity contribution is 0.660. The minimum Gasteiger partial charge on any atom is -0.309 e. The summed E-state index contributed by atoms with van der Waals surface area (Å²) in [4.78, 5) is 2.49. The van der Waals surface area contributed by atoms with Crippen LogP contribution in [0.25, 0.3) is 66.1 Å². The van der Waals surface area contributed by atoms with Gasteiger partial charge in [0.2, 0.25) is 0 Å². The maximum Gasteiger partial charge on any atom is 0.0540 e. The summed E-state index contributed by atoms with van der Waals surface area (Å²) < 4.78 is 0. The highest BCUT2D eigenvalue weighted by atomic mass is 15.1. The number of para-hydroxylation sites is 2. The highest BCUT2D eigenvalue weighted by Crippen LogP contribution is 2.54. The van der Waals surface area contributed by atoms with Crippen LogP contribution in [0.15, 0.2) is 200 Å². The molecule has 0 amide bonds. The van der Waals surface area contributed by atoms with Crippen LogP contribution >= 0.6 is 0 Å². The molecule has 1 aliphatic carbocycles. The zero-order valence-electron chi connectivity index (χ0n) is 30.5. The van der Waals surface area contributed by atoms with Gasteiger partial charge in [-0.25, -0.2) is 0 Å². The van der Waals surface area contributed by atoms with Crippen molar-refractivity contribution in [1.29, 1.82) is 0 Å². The molecule has 9 aromatic carbocycles. The van der Waals surface area contributed by atoms with Crippen LogP contribution in [0.3, 0.4) is 0 Å². The fraction of sp³-hybridized carbons (Fsp3) is 0.0566. The quantitative estimate of drug-likeness (QED) is 0.168. The Morgan fingerprint density at radius 2 is 0.870 bits per heavy atom. The van der Waals surface area contributed by atoms with Crippen LogP contribution in [0.2, 0.25) is 0 Å². The van der Waals surface area contributed by atoms with E-state index in [4.69, 9.17) is 0 Å². The number of hydrogen-bond acceptors (Lipinski definition) is 1. The lowest BCUT2D eigenvalue weighted by Gasteiger charge is -2.31. The largest absolute Gasteiger partial charge is 0.309 e. The van der Waals surface area contributed by atoms with E-state index < -0.39 is 0 Å². The Morgan fingerprint density at radius 1 is 0.352 bits per heavy atom. The van der Waals surface area contributed by atoms with Crippen LogP contribution < -0.4 is 4.90 Å². The van der Waals surface area contributed by atoms with Crippen molar-refractivity contribution in [3.8, 4) is 44.5 Å². The van der Waals surface area contributed by atoms with Crippen LogP contribution in [0, 0.1) is 0 Å². The molecule has 54 heavy (non-hydrogen) atoms. The van der Waals surface area contributed by atoms with E-state index in [0.29, 0.717) is 0 Å². The van der Waals surface area contributed by atoms with E-state index in [1.807, 2.05) is 0 Å². The number of rotatable bonds is 6. The molecule has 0 spiro atoms. The number of nitrogens with zero attached hydrogens (tertiary/aromatic N) is 1. The van der Waals surface area contributed by atoms with Gasteiger partial charge in [-0.15, -0.1) is 0 Å². The summed E-state index contributed by atoms with van der Waals surface area (Å²) in [5.74, 6) is 0. The zero-order valence-corrected chi connectivity index (χ0v) is 30.5. The van der Waals surface area contributed by atoms with Crippen molar-refractivity contribution >= 4 is 38.6 Å². The first-order valence-corrected chi connectivity index (χ1v) is 18.9. The normalized spacial score (nSPS) is 12.8. The molecule has 256 valence electrons. The number of benzene rings is 9. The standard InChI is InChI=1S/C53H39N/c1-53(2)47-29-11-8-25-46(47)52-45(28-16-30-48(52)53)43-24-10-13-32-50(43)54(40-34-33-36-17-6-7-20-39(36)35-40)49-31-12-9-23-42(49)44-27-15-22-38-21-14-26-41(51(38)44)37-18-4-3-5-19-37/h3-35H,1-2H3. The Bertz CT molecular complexity index is 2860. The van der Waals surface area contributed by atoms with Gasteiger partial charge in [-0.05, 0) is 90.3 Å². The van der Waals surface area contributed by atoms with Crippen molar-refractivity contribution in [3.05, 3.63) is 211 Å². The molecule has 0 radical (unpaired) electrons. The van der Waals surface area contributed by atoms with Crippen LogP contribution in [0.1, 0.15) is 25.0 Å². The van der Waals surface area contributed by atoms with E-state index in [2.05, 4.69) is 219 Å².